The molecule has 0 N–H and O–H groups in total. The molecule has 148 valence electrons. The quantitative estimate of drug-likeness (QED) is 0.539. The molecular formula is C22H24Cl2N2O2. The number of aromatic nitrogens is 1. The minimum atomic E-state index is -0.385. The van der Waals surface area contributed by atoms with E-state index in [9.17, 15) is 4.79 Å². The van der Waals surface area contributed by atoms with Crippen LogP contribution in [0.4, 0.5) is 4.79 Å². The first-order chi connectivity index (χ1) is 13.2. The lowest BCUT2D eigenvalue weighted by Crippen LogP contribution is -2.20. The highest BCUT2D eigenvalue weighted by atomic mass is 35.5. The summed E-state index contributed by atoms with van der Waals surface area (Å²) in [5.41, 5.74) is 4.22. The van der Waals surface area contributed by atoms with E-state index >= 15 is 0 Å². The van der Waals surface area contributed by atoms with Crippen molar-refractivity contribution in [3.8, 4) is 0 Å². The average molecular weight is 419 g/mol. The van der Waals surface area contributed by atoms with E-state index in [4.69, 9.17) is 21.3 Å². The molecule has 2 heterocycles. The molecule has 28 heavy (non-hydrogen) atoms. The second-order valence-electron chi connectivity index (χ2n) is 7.06. The number of amides is 1. The molecule has 1 saturated carbocycles. The number of fused-ring (bicyclic) bond motifs is 2. The zero-order valence-corrected chi connectivity index (χ0v) is 17.4. The van der Waals surface area contributed by atoms with Crippen LogP contribution in [0.1, 0.15) is 61.8 Å². The van der Waals surface area contributed by atoms with E-state index in [1.807, 2.05) is 30.4 Å². The van der Waals surface area contributed by atoms with Gasteiger partial charge in [0.2, 0.25) is 0 Å². The summed E-state index contributed by atoms with van der Waals surface area (Å²) in [4.78, 5) is 18.4. The van der Waals surface area contributed by atoms with Crippen LogP contribution in [0.3, 0.4) is 0 Å². The number of hydrogen-bond acceptors (Lipinski definition) is 3. The van der Waals surface area contributed by atoms with Crippen molar-refractivity contribution in [3.63, 3.8) is 0 Å². The van der Waals surface area contributed by atoms with Gasteiger partial charge in [-0.1, -0.05) is 30.9 Å². The molecule has 2 aromatic rings. The lowest BCUT2D eigenvalue weighted by atomic mass is 9.80. The molecule has 0 bridgehead atoms. The van der Waals surface area contributed by atoms with E-state index < -0.39 is 0 Å². The SMILES string of the molecule is CCOC(=O)N1C=Cc2nc3ccc(Cl)cc3c(C3CCCCC3)c2C=C1.Cl. The molecular weight excluding hydrogens is 395 g/mol. The van der Waals surface area contributed by atoms with Gasteiger partial charge in [0.1, 0.15) is 0 Å². The van der Waals surface area contributed by atoms with Crippen LogP contribution in [0.5, 0.6) is 0 Å². The first kappa shape index (κ1) is 20.7. The fourth-order valence-electron chi connectivity index (χ4n) is 4.10. The molecule has 1 aliphatic carbocycles. The van der Waals surface area contributed by atoms with Gasteiger partial charge in [0.15, 0.2) is 0 Å². The number of ether oxygens (including phenoxy) is 1. The molecule has 0 unspecified atom stereocenters. The van der Waals surface area contributed by atoms with Gasteiger partial charge in [-0.05, 0) is 61.6 Å². The Morgan fingerprint density at radius 1 is 1.21 bits per heavy atom. The molecule has 0 spiro atoms. The average Bonchev–Trinajstić information content (AvgIpc) is 2.89. The van der Waals surface area contributed by atoms with Gasteiger partial charge in [-0.15, -0.1) is 12.4 Å². The Morgan fingerprint density at radius 3 is 2.71 bits per heavy atom. The number of halogens is 2. The van der Waals surface area contributed by atoms with E-state index in [-0.39, 0.29) is 18.5 Å². The molecule has 1 aromatic carbocycles. The normalized spacial score (nSPS) is 16.4. The summed E-state index contributed by atoms with van der Waals surface area (Å²) in [6.07, 6.45) is 13.1. The largest absolute Gasteiger partial charge is 0.449 e. The Hall–Kier alpha value is -2.04. The highest BCUT2D eigenvalue weighted by molar-refractivity contribution is 6.31. The Balaban J connectivity index is 0.00000225. The van der Waals surface area contributed by atoms with Gasteiger partial charge in [0.25, 0.3) is 0 Å². The van der Waals surface area contributed by atoms with E-state index in [2.05, 4.69) is 0 Å². The summed E-state index contributed by atoms with van der Waals surface area (Å²) < 4.78 is 5.12. The highest BCUT2D eigenvalue weighted by Crippen LogP contribution is 2.40. The molecule has 4 rings (SSSR count). The van der Waals surface area contributed by atoms with Crippen LogP contribution in [0.2, 0.25) is 5.02 Å². The van der Waals surface area contributed by atoms with Crippen molar-refractivity contribution in [3.05, 3.63) is 52.4 Å². The Morgan fingerprint density at radius 2 is 1.96 bits per heavy atom. The molecule has 4 nitrogen and oxygen atoms in total. The smallest absolute Gasteiger partial charge is 0.417 e. The monoisotopic (exact) mass is 418 g/mol. The van der Waals surface area contributed by atoms with E-state index in [1.165, 1.54) is 42.6 Å². The third-order valence-electron chi connectivity index (χ3n) is 5.34. The topological polar surface area (TPSA) is 42.4 Å². The molecule has 2 aliphatic rings. The van der Waals surface area contributed by atoms with Crippen molar-refractivity contribution in [1.82, 2.24) is 9.88 Å². The summed E-state index contributed by atoms with van der Waals surface area (Å²) in [7, 11) is 0. The highest BCUT2D eigenvalue weighted by Gasteiger charge is 2.24. The molecule has 1 fully saturated rings. The van der Waals surface area contributed by atoms with E-state index in [1.54, 1.807) is 19.3 Å². The Kier molecular flexibility index (Phi) is 6.63. The predicted molar refractivity (Wildman–Crippen MR) is 117 cm³/mol. The minimum Gasteiger partial charge on any atom is -0.449 e. The molecule has 0 radical (unpaired) electrons. The zero-order chi connectivity index (χ0) is 18.8. The van der Waals surface area contributed by atoms with Crippen LogP contribution >= 0.6 is 24.0 Å². The third-order valence-corrected chi connectivity index (χ3v) is 5.58. The standard InChI is InChI=1S/C22H23ClN2O2.ClH/c1-2-27-22(26)25-12-10-17-20(11-13-25)24-19-9-8-16(23)14-18(19)21(17)15-6-4-3-5-7-15;/h8-15H,2-7H2,1H3;1H. The van der Waals surface area contributed by atoms with Crippen LogP contribution in [0.25, 0.3) is 23.1 Å². The molecule has 0 saturated heterocycles. The van der Waals surface area contributed by atoms with Gasteiger partial charge in [-0.2, -0.15) is 0 Å². The maximum absolute atomic E-state index is 12.1. The summed E-state index contributed by atoms with van der Waals surface area (Å²) >= 11 is 6.32. The van der Waals surface area contributed by atoms with Gasteiger partial charge < -0.3 is 4.74 Å². The number of carbonyl (C=O) groups is 1. The lowest BCUT2D eigenvalue weighted by molar-refractivity contribution is 0.134. The number of hydrogen-bond donors (Lipinski definition) is 0. The fraction of sp³-hybridized carbons (Fsp3) is 0.364. The summed E-state index contributed by atoms with van der Waals surface area (Å²) in [5, 5.41) is 1.85. The number of pyridine rings is 1. The lowest BCUT2D eigenvalue weighted by Gasteiger charge is -2.26. The summed E-state index contributed by atoms with van der Waals surface area (Å²) in [6.45, 7) is 2.15. The van der Waals surface area contributed by atoms with Gasteiger partial charge in [-0.3, -0.25) is 4.90 Å². The number of nitrogens with zero attached hydrogens (tertiary/aromatic N) is 2. The second kappa shape index (κ2) is 8.97. The van der Waals surface area contributed by atoms with Crippen molar-refractivity contribution < 1.29 is 9.53 Å². The van der Waals surface area contributed by atoms with Gasteiger partial charge >= 0.3 is 6.09 Å². The Bertz CT molecular complexity index is 934. The molecule has 1 amide bonds. The van der Waals surface area contributed by atoms with Crippen LogP contribution in [-0.2, 0) is 4.74 Å². The van der Waals surface area contributed by atoms with Crippen molar-refractivity contribution >= 4 is 53.2 Å². The van der Waals surface area contributed by atoms with Gasteiger partial charge in [0.05, 0.1) is 17.8 Å². The summed E-state index contributed by atoms with van der Waals surface area (Å²) in [6, 6.07) is 5.89. The molecule has 1 aliphatic heterocycles. The van der Waals surface area contributed by atoms with Crippen LogP contribution in [0, 0.1) is 0 Å². The minimum absolute atomic E-state index is 0. The fourth-order valence-corrected chi connectivity index (χ4v) is 4.28. The first-order valence-electron chi connectivity index (χ1n) is 9.62. The van der Waals surface area contributed by atoms with Crippen molar-refractivity contribution in [2.75, 3.05) is 6.61 Å². The predicted octanol–water partition coefficient (Wildman–Crippen LogP) is 6.77. The van der Waals surface area contributed by atoms with Crippen molar-refractivity contribution in [2.24, 2.45) is 0 Å². The first-order valence-corrected chi connectivity index (χ1v) is 10.00. The second-order valence-corrected chi connectivity index (χ2v) is 7.49. The molecule has 6 heteroatoms. The maximum atomic E-state index is 12.1. The Labute approximate surface area is 176 Å². The summed E-state index contributed by atoms with van der Waals surface area (Å²) in [5.74, 6) is 0.490. The maximum Gasteiger partial charge on any atom is 0.417 e. The van der Waals surface area contributed by atoms with Crippen LogP contribution in [0.15, 0.2) is 30.6 Å². The van der Waals surface area contributed by atoms with E-state index in [0.29, 0.717) is 12.5 Å². The number of rotatable bonds is 2. The third kappa shape index (κ3) is 4.03. The molecule has 1 aromatic heterocycles. The van der Waals surface area contributed by atoms with E-state index in [0.717, 1.165) is 27.2 Å². The van der Waals surface area contributed by atoms with Gasteiger partial charge in [-0.25, -0.2) is 9.78 Å². The zero-order valence-electron chi connectivity index (χ0n) is 15.9. The number of benzene rings is 1. The van der Waals surface area contributed by atoms with Crippen LogP contribution in [-0.4, -0.2) is 22.6 Å². The molecule has 0 atom stereocenters. The van der Waals surface area contributed by atoms with Crippen LogP contribution < -0.4 is 0 Å². The van der Waals surface area contributed by atoms with Crippen molar-refractivity contribution in [1.29, 1.82) is 0 Å². The number of carbonyl (C=O) groups excluding carboxylic acids is 1. The van der Waals surface area contributed by atoms with Crippen molar-refractivity contribution in [2.45, 2.75) is 44.9 Å². The van der Waals surface area contributed by atoms with Gasteiger partial charge in [0, 0.05) is 28.4 Å².